The Bertz CT molecular complexity index is 801. The van der Waals surface area contributed by atoms with Gasteiger partial charge in [0.25, 0.3) is 0 Å². The van der Waals surface area contributed by atoms with E-state index < -0.39 is 0 Å². The maximum atomic E-state index is 12.5. The predicted octanol–water partition coefficient (Wildman–Crippen LogP) is 3.87. The van der Waals surface area contributed by atoms with Crippen molar-refractivity contribution >= 4 is 28.2 Å². The maximum Gasteiger partial charge on any atom is 0.341 e. The van der Waals surface area contributed by atoms with E-state index >= 15 is 0 Å². The molecule has 6 heteroatoms. The summed E-state index contributed by atoms with van der Waals surface area (Å²) in [5.74, 6) is -0.409. The third kappa shape index (κ3) is 4.76. The van der Waals surface area contributed by atoms with Crippen LogP contribution in [0.1, 0.15) is 46.6 Å². The largest absolute Gasteiger partial charge is 0.462 e. The minimum atomic E-state index is -0.335. The number of nitrogens with zero attached hydrogens (tertiary/aromatic N) is 1. The van der Waals surface area contributed by atoms with E-state index in [0.29, 0.717) is 30.0 Å². The third-order valence-corrected chi connectivity index (χ3v) is 5.93. The standard InChI is InChI=1S/C21H26N2O3S/c1-3-23-13-12-16-17(14-23)27-20(19(16)21(25)26-4-2)22-18(24)11-10-15-8-6-5-7-9-15/h5-9H,3-4,10-14H2,1-2H3,(H,22,24). The minimum Gasteiger partial charge on any atom is -0.462 e. The normalized spacial score (nSPS) is 13.9. The Morgan fingerprint density at radius 2 is 2.00 bits per heavy atom. The van der Waals surface area contributed by atoms with Crippen molar-refractivity contribution in [2.45, 2.75) is 39.7 Å². The number of aryl methyl sites for hydroxylation is 1. The van der Waals surface area contributed by atoms with Crippen molar-refractivity contribution < 1.29 is 14.3 Å². The van der Waals surface area contributed by atoms with Gasteiger partial charge in [0.2, 0.25) is 5.91 Å². The van der Waals surface area contributed by atoms with Crippen LogP contribution in [0.25, 0.3) is 0 Å². The van der Waals surface area contributed by atoms with Crippen LogP contribution < -0.4 is 5.32 Å². The smallest absolute Gasteiger partial charge is 0.341 e. The van der Waals surface area contributed by atoms with E-state index in [2.05, 4.69) is 17.1 Å². The van der Waals surface area contributed by atoms with E-state index in [9.17, 15) is 9.59 Å². The fourth-order valence-electron chi connectivity index (χ4n) is 3.33. The Morgan fingerprint density at radius 3 is 2.70 bits per heavy atom. The molecule has 27 heavy (non-hydrogen) atoms. The first-order valence-electron chi connectivity index (χ1n) is 9.50. The zero-order valence-electron chi connectivity index (χ0n) is 15.9. The lowest BCUT2D eigenvalue weighted by Gasteiger charge is -2.25. The topological polar surface area (TPSA) is 58.6 Å². The Labute approximate surface area is 164 Å². The van der Waals surface area contributed by atoms with Gasteiger partial charge in [0.1, 0.15) is 5.00 Å². The van der Waals surface area contributed by atoms with Crippen LogP contribution in [0.15, 0.2) is 30.3 Å². The summed E-state index contributed by atoms with van der Waals surface area (Å²) < 4.78 is 5.26. The molecule has 2 aromatic rings. The van der Waals surface area contributed by atoms with Gasteiger partial charge in [-0.2, -0.15) is 0 Å². The van der Waals surface area contributed by atoms with Crippen molar-refractivity contribution in [1.82, 2.24) is 4.90 Å². The highest BCUT2D eigenvalue weighted by atomic mass is 32.1. The third-order valence-electron chi connectivity index (χ3n) is 4.80. The van der Waals surface area contributed by atoms with Crippen LogP contribution in [0.2, 0.25) is 0 Å². The van der Waals surface area contributed by atoms with E-state index in [1.807, 2.05) is 30.3 Å². The van der Waals surface area contributed by atoms with E-state index in [0.717, 1.165) is 42.1 Å². The highest BCUT2D eigenvalue weighted by molar-refractivity contribution is 7.17. The molecular weight excluding hydrogens is 360 g/mol. The van der Waals surface area contributed by atoms with Gasteiger partial charge < -0.3 is 10.1 Å². The highest BCUT2D eigenvalue weighted by Gasteiger charge is 2.29. The van der Waals surface area contributed by atoms with Gasteiger partial charge in [-0.3, -0.25) is 9.69 Å². The van der Waals surface area contributed by atoms with Crippen LogP contribution in [0.4, 0.5) is 5.00 Å². The van der Waals surface area contributed by atoms with Crippen LogP contribution in [0.3, 0.4) is 0 Å². The monoisotopic (exact) mass is 386 g/mol. The number of hydrogen-bond donors (Lipinski definition) is 1. The number of fused-ring (bicyclic) bond motifs is 1. The summed E-state index contributed by atoms with van der Waals surface area (Å²) in [6, 6.07) is 9.93. The molecular formula is C21H26N2O3S. The summed E-state index contributed by atoms with van der Waals surface area (Å²) in [6.45, 7) is 6.98. The van der Waals surface area contributed by atoms with Gasteiger partial charge in [0.05, 0.1) is 12.2 Å². The molecule has 5 nitrogen and oxygen atoms in total. The van der Waals surface area contributed by atoms with Crippen molar-refractivity contribution in [3.63, 3.8) is 0 Å². The van der Waals surface area contributed by atoms with Gasteiger partial charge in [-0.15, -0.1) is 11.3 Å². The van der Waals surface area contributed by atoms with E-state index in [-0.39, 0.29) is 11.9 Å². The fourth-order valence-corrected chi connectivity index (χ4v) is 4.62. The van der Waals surface area contributed by atoms with Crippen molar-refractivity contribution in [2.24, 2.45) is 0 Å². The number of carbonyl (C=O) groups is 2. The Kier molecular flexibility index (Phi) is 6.63. The molecule has 1 N–H and O–H groups in total. The zero-order valence-corrected chi connectivity index (χ0v) is 16.7. The van der Waals surface area contributed by atoms with Gasteiger partial charge in [-0.25, -0.2) is 4.79 Å². The van der Waals surface area contributed by atoms with Crippen LogP contribution in [0.5, 0.6) is 0 Å². The van der Waals surface area contributed by atoms with Crippen molar-refractivity contribution in [2.75, 3.05) is 25.0 Å². The van der Waals surface area contributed by atoms with Gasteiger partial charge in [0, 0.05) is 24.4 Å². The van der Waals surface area contributed by atoms with Crippen molar-refractivity contribution in [3.05, 3.63) is 51.9 Å². The number of ether oxygens (including phenoxy) is 1. The molecule has 0 saturated heterocycles. The average molecular weight is 387 g/mol. The number of rotatable bonds is 7. The van der Waals surface area contributed by atoms with Gasteiger partial charge >= 0.3 is 5.97 Å². The van der Waals surface area contributed by atoms with E-state index in [1.54, 1.807) is 6.92 Å². The number of anilines is 1. The molecule has 1 aromatic heterocycles. The summed E-state index contributed by atoms with van der Waals surface area (Å²) in [6.07, 6.45) is 1.87. The molecule has 144 valence electrons. The molecule has 3 rings (SSSR count). The van der Waals surface area contributed by atoms with Crippen LogP contribution >= 0.6 is 11.3 Å². The summed E-state index contributed by atoms with van der Waals surface area (Å²) >= 11 is 1.51. The first kappa shape index (κ1) is 19.6. The number of hydrogen-bond acceptors (Lipinski definition) is 5. The molecule has 1 aromatic carbocycles. The summed E-state index contributed by atoms with van der Waals surface area (Å²) in [4.78, 5) is 28.5. The Morgan fingerprint density at radius 1 is 1.22 bits per heavy atom. The molecule has 0 unspecified atom stereocenters. The molecule has 1 aliphatic rings. The van der Waals surface area contributed by atoms with Crippen LogP contribution in [0, 0.1) is 0 Å². The quantitative estimate of drug-likeness (QED) is 0.734. The van der Waals surface area contributed by atoms with Crippen molar-refractivity contribution in [3.8, 4) is 0 Å². The molecule has 1 amide bonds. The molecule has 0 atom stereocenters. The van der Waals surface area contributed by atoms with Crippen molar-refractivity contribution in [1.29, 1.82) is 0 Å². The van der Waals surface area contributed by atoms with Crippen LogP contribution in [-0.2, 0) is 28.9 Å². The van der Waals surface area contributed by atoms with Crippen LogP contribution in [-0.4, -0.2) is 36.5 Å². The van der Waals surface area contributed by atoms with E-state index in [1.165, 1.54) is 11.3 Å². The minimum absolute atomic E-state index is 0.0738. The van der Waals surface area contributed by atoms with Gasteiger partial charge in [0.15, 0.2) is 0 Å². The average Bonchev–Trinajstić information content (AvgIpc) is 3.04. The first-order chi connectivity index (χ1) is 13.1. The molecule has 0 spiro atoms. The summed E-state index contributed by atoms with van der Waals surface area (Å²) in [5.41, 5.74) is 2.73. The Balaban J connectivity index is 1.76. The lowest BCUT2D eigenvalue weighted by atomic mass is 10.0. The predicted molar refractivity (Wildman–Crippen MR) is 108 cm³/mol. The number of likely N-dealkylation sites (N-methyl/N-ethyl adjacent to an activating group) is 1. The molecule has 0 fully saturated rings. The number of carbonyl (C=O) groups excluding carboxylic acids is 2. The van der Waals surface area contributed by atoms with E-state index in [4.69, 9.17) is 4.74 Å². The second-order valence-corrected chi connectivity index (χ2v) is 7.69. The SMILES string of the molecule is CCOC(=O)c1c(NC(=O)CCc2ccccc2)sc2c1CCN(CC)C2. The highest BCUT2D eigenvalue weighted by Crippen LogP contribution is 2.37. The summed E-state index contributed by atoms with van der Waals surface area (Å²) in [7, 11) is 0. The fraction of sp³-hybridized carbons (Fsp3) is 0.429. The Hall–Kier alpha value is -2.18. The second-order valence-electron chi connectivity index (χ2n) is 6.58. The van der Waals surface area contributed by atoms with Gasteiger partial charge in [-0.1, -0.05) is 37.3 Å². The lowest BCUT2D eigenvalue weighted by Crippen LogP contribution is -2.30. The summed E-state index contributed by atoms with van der Waals surface area (Å²) in [5, 5.41) is 3.60. The number of amides is 1. The maximum absolute atomic E-state index is 12.5. The molecule has 1 aliphatic heterocycles. The number of esters is 1. The number of benzene rings is 1. The zero-order chi connectivity index (χ0) is 19.2. The molecule has 2 heterocycles. The molecule has 0 radical (unpaired) electrons. The molecule has 0 bridgehead atoms. The lowest BCUT2D eigenvalue weighted by molar-refractivity contribution is -0.116. The number of nitrogens with one attached hydrogen (secondary N) is 1. The molecule has 0 saturated carbocycles. The first-order valence-corrected chi connectivity index (χ1v) is 10.3. The molecule has 0 aliphatic carbocycles. The van der Waals surface area contributed by atoms with Gasteiger partial charge in [-0.05, 0) is 37.4 Å². The second kappa shape index (κ2) is 9.15. The number of thiophene rings is 1.